The monoisotopic (exact) mass is 179 g/mol. The van der Waals surface area contributed by atoms with Crippen molar-refractivity contribution in [1.82, 2.24) is 0 Å². The van der Waals surface area contributed by atoms with Crippen molar-refractivity contribution in [3.63, 3.8) is 0 Å². The molecular formula is C10H13NS. The Morgan fingerprint density at radius 1 is 1.67 bits per heavy atom. The van der Waals surface area contributed by atoms with Gasteiger partial charge in [-0.3, -0.25) is 0 Å². The van der Waals surface area contributed by atoms with Crippen LogP contribution in [-0.2, 0) is 0 Å². The number of hydrogen-bond donors (Lipinski definition) is 1. The molecule has 1 aromatic heterocycles. The molecule has 0 aliphatic carbocycles. The van der Waals surface area contributed by atoms with Crippen molar-refractivity contribution < 1.29 is 0 Å². The van der Waals surface area contributed by atoms with Crippen LogP contribution in [0.3, 0.4) is 0 Å². The van der Waals surface area contributed by atoms with Crippen molar-refractivity contribution in [3.05, 3.63) is 21.9 Å². The van der Waals surface area contributed by atoms with Crippen molar-refractivity contribution in [2.75, 3.05) is 0 Å². The van der Waals surface area contributed by atoms with Gasteiger partial charge in [-0.2, -0.15) is 0 Å². The minimum atomic E-state index is 0.125. The summed E-state index contributed by atoms with van der Waals surface area (Å²) in [5.41, 5.74) is 5.91. The largest absolute Gasteiger partial charge is 0.323 e. The highest BCUT2D eigenvalue weighted by Gasteiger charge is 2.06. The van der Waals surface area contributed by atoms with E-state index in [-0.39, 0.29) is 6.04 Å². The second-order valence-corrected chi connectivity index (χ2v) is 4.12. The third-order valence-corrected chi connectivity index (χ3v) is 2.86. The maximum atomic E-state index is 5.91. The Morgan fingerprint density at radius 3 is 2.92 bits per heavy atom. The summed E-state index contributed by atoms with van der Waals surface area (Å²) in [6.07, 6.45) is 6.81. The van der Waals surface area contributed by atoms with Crippen LogP contribution in [-0.4, -0.2) is 0 Å². The number of aryl methyl sites for hydroxylation is 1. The van der Waals surface area contributed by atoms with Crippen LogP contribution in [0.2, 0.25) is 0 Å². The van der Waals surface area contributed by atoms with E-state index < -0.39 is 0 Å². The Kier molecular flexibility index (Phi) is 3.33. The molecule has 1 rings (SSSR count). The molecule has 1 nitrogen and oxygen atoms in total. The third kappa shape index (κ3) is 2.37. The van der Waals surface area contributed by atoms with Crippen LogP contribution >= 0.6 is 11.3 Å². The fraction of sp³-hybridized carbons (Fsp3) is 0.400. The molecule has 0 radical (unpaired) electrons. The third-order valence-electron chi connectivity index (χ3n) is 1.73. The molecule has 1 unspecified atom stereocenters. The van der Waals surface area contributed by atoms with E-state index in [1.54, 1.807) is 11.3 Å². The molecule has 0 aliphatic rings. The van der Waals surface area contributed by atoms with E-state index >= 15 is 0 Å². The first-order valence-electron chi connectivity index (χ1n) is 3.99. The van der Waals surface area contributed by atoms with Crippen molar-refractivity contribution in [2.45, 2.75) is 25.8 Å². The Bertz CT molecular complexity index is 282. The van der Waals surface area contributed by atoms with Gasteiger partial charge >= 0.3 is 0 Å². The van der Waals surface area contributed by atoms with Gasteiger partial charge in [-0.1, -0.05) is 0 Å². The van der Waals surface area contributed by atoms with E-state index in [9.17, 15) is 0 Å². The summed E-state index contributed by atoms with van der Waals surface area (Å²) in [7, 11) is 0. The normalized spacial score (nSPS) is 12.4. The lowest BCUT2D eigenvalue weighted by Crippen LogP contribution is -2.07. The maximum absolute atomic E-state index is 5.91. The Hall–Kier alpha value is -0.780. The SMILES string of the molecule is C#CCCC(N)c1ccc(C)s1. The average molecular weight is 179 g/mol. The zero-order valence-electron chi connectivity index (χ0n) is 7.21. The zero-order chi connectivity index (χ0) is 8.97. The molecule has 12 heavy (non-hydrogen) atoms. The summed E-state index contributed by atoms with van der Waals surface area (Å²) in [5.74, 6) is 2.60. The first kappa shape index (κ1) is 9.31. The minimum Gasteiger partial charge on any atom is -0.323 e. The van der Waals surface area contributed by atoms with Gasteiger partial charge in [0.15, 0.2) is 0 Å². The van der Waals surface area contributed by atoms with Crippen LogP contribution in [0.1, 0.15) is 28.6 Å². The molecule has 0 aliphatic heterocycles. The number of thiophene rings is 1. The number of nitrogens with two attached hydrogens (primary N) is 1. The fourth-order valence-corrected chi connectivity index (χ4v) is 1.95. The van der Waals surface area contributed by atoms with Crippen LogP contribution in [0.5, 0.6) is 0 Å². The second-order valence-electron chi connectivity index (χ2n) is 2.80. The van der Waals surface area contributed by atoms with E-state index in [1.807, 2.05) is 0 Å². The van der Waals surface area contributed by atoms with Gasteiger partial charge in [0, 0.05) is 22.2 Å². The van der Waals surface area contributed by atoms with Crippen molar-refractivity contribution >= 4 is 11.3 Å². The molecule has 0 saturated carbocycles. The molecular weight excluding hydrogens is 166 g/mol. The topological polar surface area (TPSA) is 26.0 Å². The first-order chi connectivity index (χ1) is 5.74. The van der Waals surface area contributed by atoms with Crippen LogP contribution in [0.4, 0.5) is 0 Å². The summed E-state index contributed by atoms with van der Waals surface area (Å²) in [6.45, 7) is 2.09. The van der Waals surface area contributed by atoms with Crippen LogP contribution in [0.25, 0.3) is 0 Å². The summed E-state index contributed by atoms with van der Waals surface area (Å²) in [5, 5.41) is 0. The summed E-state index contributed by atoms with van der Waals surface area (Å²) >= 11 is 1.75. The van der Waals surface area contributed by atoms with Crippen molar-refractivity contribution in [3.8, 4) is 12.3 Å². The molecule has 0 bridgehead atoms. The van der Waals surface area contributed by atoms with Gasteiger partial charge in [-0.25, -0.2) is 0 Å². The Labute approximate surface area is 77.6 Å². The number of hydrogen-bond acceptors (Lipinski definition) is 2. The molecule has 1 atom stereocenters. The molecule has 2 N–H and O–H groups in total. The minimum absolute atomic E-state index is 0.125. The van der Waals surface area contributed by atoms with Gasteiger partial charge in [0.1, 0.15) is 0 Å². The average Bonchev–Trinajstić information content (AvgIpc) is 2.47. The molecule has 64 valence electrons. The number of rotatable bonds is 3. The van der Waals surface area contributed by atoms with Crippen molar-refractivity contribution in [2.24, 2.45) is 5.73 Å². The lowest BCUT2D eigenvalue weighted by molar-refractivity contribution is 0.679. The van der Waals surface area contributed by atoms with Gasteiger partial charge in [0.2, 0.25) is 0 Å². The smallest absolute Gasteiger partial charge is 0.0398 e. The highest BCUT2D eigenvalue weighted by Crippen LogP contribution is 2.23. The molecule has 0 fully saturated rings. The van der Waals surface area contributed by atoms with E-state index in [1.165, 1.54) is 9.75 Å². The Morgan fingerprint density at radius 2 is 2.42 bits per heavy atom. The second kappa shape index (κ2) is 4.30. The maximum Gasteiger partial charge on any atom is 0.0398 e. The highest BCUT2D eigenvalue weighted by atomic mass is 32.1. The van der Waals surface area contributed by atoms with Gasteiger partial charge < -0.3 is 5.73 Å². The van der Waals surface area contributed by atoms with Gasteiger partial charge in [-0.05, 0) is 25.5 Å². The molecule has 2 heteroatoms. The van der Waals surface area contributed by atoms with Gasteiger partial charge in [-0.15, -0.1) is 23.7 Å². The molecule has 1 heterocycles. The van der Waals surface area contributed by atoms with Gasteiger partial charge in [0.05, 0.1) is 0 Å². The van der Waals surface area contributed by atoms with E-state index in [4.69, 9.17) is 12.2 Å². The summed E-state index contributed by atoms with van der Waals surface area (Å²) in [6, 6.07) is 4.30. The quantitative estimate of drug-likeness (QED) is 0.709. The summed E-state index contributed by atoms with van der Waals surface area (Å²) in [4.78, 5) is 2.55. The molecule has 0 amide bonds. The van der Waals surface area contributed by atoms with E-state index in [0.29, 0.717) is 0 Å². The van der Waals surface area contributed by atoms with E-state index in [2.05, 4.69) is 25.0 Å². The molecule has 1 aromatic rings. The van der Waals surface area contributed by atoms with Crippen LogP contribution < -0.4 is 5.73 Å². The van der Waals surface area contributed by atoms with Crippen molar-refractivity contribution in [1.29, 1.82) is 0 Å². The predicted molar refractivity (Wildman–Crippen MR) is 54.1 cm³/mol. The highest BCUT2D eigenvalue weighted by molar-refractivity contribution is 7.12. The molecule has 0 aromatic carbocycles. The zero-order valence-corrected chi connectivity index (χ0v) is 8.03. The van der Waals surface area contributed by atoms with Crippen LogP contribution in [0.15, 0.2) is 12.1 Å². The predicted octanol–water partition coefficient (Wildman–Crippen LogP) is 2.47. The van der Waals surface area contributed by atoms with Gasteiger partial charge in [0.25, 0.3) is 0 Å². The number of terminal acetylenes is 1. The molecule has 0 spiro atoms. The van der Waals surface area contributed by atoms with Crippen LogP contribution in [0, 0.1) is 19.3 Å². The van der Waals surface area contributed by atoms with E-state index in [0.717, 1.165) is 12.8 Å². The Balaban J connectivity index is 2.54. The molecule has 0 saturated heterocycles. The first-order valence-corrected chi connectivity index (χ1v) is 4.81. The summed E-state index contributed by atoms with van der Waals surface area (Å²) < 4.78 is 0. The lowest BCUT2D eigenvalue weighted by Gasteiger charge is -2.05. The fourth-order valence-electron chi connectivity index (χ4n) is 1.03. The standard InChI is InChI=1S/C10H13NS/c1-3-4-5-9(11)10-7-6-8(2)12-10/h1,6-7,9H,4-5,11H2,2H3. The lowest BCUT2D eigenvalue weighted by atomic mass is 10.1.